The first-order chi connectivity index (χ1) is 10.0. The fraction of sp³-hybridized carbons (Fsp3) is 0.133. The molecular weight excluding hydrogens is 311 g/mol. The van der Waals surface area contributed by atoms with E-state index in [4.69, 9.17) is 33.7 Å². The van der Waals surface area contributed by atoms with Crippen LogP contribution >= 0.6 is 23.2 Å². The van der Waals surface area contributed by atoms with Gasteiger partial charge in [0.05, 0.1) is 27.9 Å². The second-order valence-corrected chi connectivity index (χ2v) is 5.05. The van der Waals surface area contributed by atoms with Gasteiger partial charge in [0, 0.05) is 5.69 Å². The molecule has 6 heteroatoms. The number of rotatable bonds is 4. The van der Waals surface area contributed by atoms with Crippen LogP contribution < -0.4 is 15.8 Å². The lowest BCUT2D eigenvalue weighted by atomic mass is 10.1. The lowest BCUT2D eigenvalue weighted by molar-refractivity contribution is 0.102. The quantitative estimate of drug-likeness (QED) is 0.827. The molecule has 2 rings (SSSR count). The second-order valence-electron chi connectivity index (χ2n) is 4.23. The van der Waals surface area contributed by atoms with Crippen molar-refractivity contribution < 1.29 is 9.53 Å². The zero-order valence-electron chi connectivity index (χ0n) is 11.3. The van der Waals surface area contributed by atoms with E-state index in [0.717, 1.165) is 0 Å². The Morgan fingerprint density at radius 1 is 1.24 bits per heavy atom. The van der Waals surface area contributed by atoms with Gasteiger partial charge in [-0.2, -0.15) is 0 Å². The van der Waals surface area contributed by atoms with E-state index in [2.05, 4.69) is 5.32 Å². The Hall–Kier alpha value is -1.91. The number of amides is 1. The highest BCUT2D eigenvalue weighted by molar-refractivity contribution is 6.34. The van der Waals surface area contributed by atoms with Crippen molar-refractivity contribution in [1.82, 2.24) is 0 Å². The Bertz CT molecular complexity index is 675. The minimum atomic E-state index is -0.352. The number of nitrogen functional groups attached to an aromatic ring is 1. The third kappa shape index (κ3) is 3.60. The molecule has 4 nitrogen and oxygen atoms in total. The monoisotopic (exact) mass is 324 g/mol. The van der Waals surface area contributed by atoms with Gasteiger partial charge in [-0.05, 0) is 37.3 Å². The molecule has 0 aromatic heterocycles. The summed E-state index contributed by atoms with van der Waals surface area (Å²) in [7, 11) is 0. The number of ether oxygens (including phenoxy) is 1. The molecule has 0 saturated heterocycles. The fourth-order valence-electron chi connectivity index (χ4n) is 1.78. The van der Waals surface area contributed by atoms with Crippen LogP contribution in [-0.4, -0.2) is 12.5 Å². The summed E-state index contributed by atoms with van der Waals surface area (Å²) in [5.74, 6) is 0.217. The maximum Gasteiger partial charge on any atom is 0.257 e. The van der Waals surface area contributed by atoms with Crippen molar-refractivity contribution in [2.45, 2.75) is 6.92 Å². The molecule has 21 heavy (non-hydrogen) atoms. The Morgan fingerprint density at radius 3 is 2.67 bits per heavy atom. The Morgan fingerprint density at radius 2 is 2.00 bits per heavy atom. The van der Waals surface area contributed by atoms with Gasteiger partial charge in [0.2, 0.25) is 0 Å². The number of halogens is 2. The molecular formula is C15H14Cl2N2O2. The molecule has 110 valence electrons. The zero-order chi connectivity index (χ0) is 15.4. The molecule has 0 heterocycles. The molecule has 0 bridgehead atoms. The molecule has 0 aliphatic carbocycles. The van der Waals surface area contributed by atoms with Gasteiger partial charge in [0.15, 0.2) is 0 Å². The van der Waals surface area contributed by atoms with Crippen LogP contribution in [0.3, 0.4) is 0 Å². The van der Waals surface area contributed by atoms with Gasteiger partial charge in [0.1, 0.15) is 5.75 Å². The van der Waals surface area contributed by atoms with Crippen molar-refractivity contribution in [1.29, 1.82) is 0 Å². The topological polar surface area (TPSA) is 64.3 Å². The van der Waals surface area contributed by atoms with Crippen LogP contribution in [-0.2, 0) is 0 Å². The summed E-state index contributed by atoms with van der Waals surface area (Å²) in [6.07, 6.45) is 0. The number of para-hydroxylation sites is 1. The first kappa shape index (κ1) is 15.5. The van der Waals surface area contributed by atoms with Crippen molar-refractivity contribution >= 4 is 40.5 Å². The maximum atomic E-state index is 12.2. The summed E-state index contributed by atoms with van der Waals surface area (Å²) in [6.45, 7) is 2.39. The Labute approximate surface area is 132 Å². The molecule has 2 aromatic carbocycles. The van der Waals surface area contributed by atoms with E-state index in [1.54, 1.807) is 36.4 Å². The minimum Gasteiger partial charge on any atom is -0.492 e. The van der Waals surface area contributed by atoms with E-state index < -0.39 is 0 Å². The van der Waals surface area contributed by atoms with Crippen LogP contribution in [0.2, 0.25) is 10.0 Å². The summed E-state index contributed by atoms with van der Waals surface area (Å²) in [4.78, 5) is 12.2. The second kappa shape index (κ2) is 6.70. The number of nitrogens with two attached hydrogens (primary N) is 1. The summed E-state index contributed by atoms with van der Waals surface area (Å²) < 4.78 is 5.33. The van der Waals surface area contributed by atoms with Crippen molar-refractivity contribution in [3.8, 4) is 5.75 Å². The minimum absolute atomic E-state index is 0.244. The lowest BCUT2D eigenvalue weighted by Gasteiger charge is -2.10. The summed E-state index contributed by atoms with van der Waals surface area (Å²) in [6, 6.07) is 9.91. The number of hydrogen-bond donors (Lipinski definition) is 2. The van der Waals surface area contributed by atoms with Gasteiger partial charge in [-0.1, -0.05) is 29.3 Å². The Kier molecular flexibility index (Phi) is 4.94. The number of nitrogens with one attached hydrogen (secondary N) is 1. The predicted octanol–water partition coefficient (Wildman–Crippen LogP) is 4.23. The largest absolute Gasteiger partial charge is 0.492 e. The molecule has 0 aliphatic heterocycles. The van der Waals surface area contributed by atoms with E-state index >= 15 is 0 Å². The van der Waals surface area contributed by atoms with Crippen molar-refractivity contribution in [3.63, 3.8) is 0 Å². The van der Waals surface area contributed by atoms with Crippen LogP contribution in [0.25, 0.3) is 0 Å². The van der Waals surface area contributed by atoms with Gasteiger partial charge in [-0.3, -0.25) is 4.79 Å². The van der Waals surface area contributed by atoms with Crippen LogP contribution in [0.15, 0.2) is 36.4 Å². The normalized spacial score (nSPS) is 10.2. The van der Waals surface area contributed by atoms with Gasteiger partial charge in [-0.15, -0.1) is 0 Å². The van der Waals surface area contributed by atoms with Crippen LogP contribution in [0.4, 0.5) is 11.4 Å². The highest BCUT2D eigenvalue weighted by Crippen LogP contribution is 2.28. The van der Waals surface area contributed by atoms with Crippen molar-refractivity contribution in [3.05, 3.63) is 52.0 Å². The number of anilines is 2. The van der Waals surface area contributed by atoms with Crippen LogP contribution in [0.1, 0.15) is 17.3 Å². The molecule has 2 aromatic rings. The van der Waals surface area contributed by atoms with Crippen molar-refractivity contribution in [2.75, 3.05) is 17.7 Å². The van der Waals surface area contributed by atoms with E-state index in [1.165, 1.54) is 0 Å². The average molecular weight is 325 g/mol. The SMILES string of the molecule is CCOc1ccc(NC(=O)c2cccc(Cl)c2N)cc1Cl. The fourth-order valence-corrected chi connectivity index (χ4v) is 2.19. The average Bonchev–Trinajstić information content (AvgIpc) is 2.45. The molecule has 0 spiro atoms. The van der Waals surface area contributed by atoms with Crippen LogP contribution in [0.5, 0.6) is 5.75 Å². The third-order valence-electron chi connectivity index (χ3n) is 2.79. The smallest absolute Gasteiger partial charge is 0.257 e. The molecule has 1 amide bonds. The standard InChI is InChI=1S/C15H14Cl2N2O2/c1-2-21-13-7-6-9(8-12(13)17)19-15(20)10-4-3-5-11(16)14(10)18/h3-8H,2,18H2,1H3,(H,19,20). The van der Waals surface area contributed by atoms with E-state index in [-0.39, 0.29) is 11.6 Å². The van der Waals surface area contributed by atoms with Gasteiger partial charge < -0.3 is 15.8 Å². The summed E-state index contributed by atoms with van der Waals surface area (Å²) in [5.41, 5.74) is 6.90. The molecule has 0 unspecified atom stereocenters. The molecule has 0 fully saturated rings. The zero-order valence-corrected chi connectivity index (χ0v) is 12.8. The predicted molar refractivity (Wildman–Crippen MR) is 86.4 cm³/mol. The van der Waals surface area contributed by atoms with E-state index in [0.29, 0.717) is 33.7 Å². The highest BCUT2D eigenvalue weighted by atomic mass is 35.5. The van der Waals surface area contributed by atoms with Gasteiger partial charge in [0.25, 0.3) is 5.91 Å². The van der Waals surface area contributed by atoms with E-state index in [9.17, 15) is 4.79 Å². The van der Waals surface area contributed by atoms with Gasteiger partial charge in [-0.25, -0.2) is 0 Å². The van der Waals surface area contributed by atoms with Crippen molar-refractivity contribution in [2.24, 2.45) is 0 Å². The number of hydrogen-bond acceptors (Lipinski definition) is 3. The lowest BCUT2D eigenvalue weighted by Crippen LogP contribution is -2.14. The molecule has 3 N–H and O–H groups in total. The summed E-state index contributed by atoms with van der Waals surface area (Å²) >= 11 is 12.0. The number of carbonyl (C=O) groups is 1. The Balaban J connectivity index is 2.20. The number of carbonyl (C=O) groups excluding carboxylic acids is 1. The summed E-state index contributed by atoms with van der Waals surface area (Å²) in [5, 5.41) is 3.48. The first-order valence-electron chi connectivity index (χ1n) is 6.30. The van der Waals surface area contributed by atoms with Gasteiger partial charge >= 0.3 is 0 Å². The van der Waals surface area contributed by atoms with E-state index in [1.807, 2.05) is 6.92 Å². The maximum absolute atomic E-state index is 12.2. The van der Waals surface area contributed by atoms with Crippen LogP contribution in [0, 0.1) is 0 Å². The third-order valence-corrected chi connectivity index (χ3v) is 3.41. The number of benzene rings is 2. The first-order valence-corrected chi connectivity index (χ1v) is 7.06. The molecule has 0 radical (unpaired) electrons. The molecule has 0 atom stereocenters. The highest BCUT2D eigenvalue weighted by Gasteiger charge is 2.12. The molecule has 0 saturated carbocycles. The molecule has 0 aliphatic rings.